The highest BCUT2D eigenvalue weighted by atomic mass is 19.1. The molecule has 46 heavy (non-hydrogen) atoms. The van der Waals surface area contributed by atoms with Gasteiger partial charge in [-0.1, -0.05) is 55.5 Å². The zero-order valence-corrected chi connectivity index (χ0v) is 27.9. The molecule has 0 saturated carbocycles. The zero-order valence-electron chi connectivity index (χ0n) is 27.9. The van der Waals surface area contributed by atoms with Crippen molar-refractivity contribution in [2.75, 3.05) is 26.8 Å². The Labute approximate surface area is 273 Å². The lowest BCUT2D eigenvalue weighted by atomic mass is 9.71. The Morgan fingerprint density at radius 1 is 0.978 bits per heavy atom. The van der Waals surface area contributed by atoms with Crippen LogP contribution in [0.1, 0.15) is 86.8 Å². The maximum Gasteiger partial charge on any atom is 0.407 e. The fourth-order valence-electron chi connectivity index (χ4n) is 6.37. The van der Waals surface area contributed by atoms with Gasteiger partial charge in [-0.05, 0) is 106 Å². The van der Waals surface area contributed by atoms with Crippen molar-refractivity contribution in [2.24, 2.45) is 5.92 Å². The maximum absolute atomic E-state index is 15.7. The average Bonchev–Trinajstić information content (AvgIpc) is 3.04. The van der Waals surface area contributed by atoms with Crippen molar-refractivity contribution in [2.45, 2.75) is 84.0 Å². The number of hydrogen-bond acceptors (Lipinski definition) is 5. The summed E-state index contributed by atoms with van der Waals surface area (Å²) in [5.74, 6) is -0.614. The Morgan fingerprint density at radius 3 is 2.37 bits per heavy atom. The van der Waals surface area contributed by atoms with Crippen LogP contribution in [0.3, 0.4) is 0 Å². The third-order valence-corrected chi connectivity index (χ3v) is 8.73. The van der Waals surface area contributed by atoms with Gasteiger partial charge in [-0.15, -0.1) is 0 Å². The van der Waals surface area contributed by atoms with Crippen LogP contribution in [-0.4, -0.2) is 54.4 Å². The second-order valence-electron chi connectivity index (χ2n) is 13.2. The van der Waals surface area contributed by atoms with E-state index >= 15 is 4.39 Å². The summed E-state index contributed by atoms with van der Waals surface area (Å²) >= 11 is 0. The van der Waals surface area contributed by atoms with Gasteiger partial charge in [0.25, 0.3) is 5.91 Å². The fraction of sp³-hybridized carbons (Fsp3) is 0.474. The molecular formula is C38H49FN2O5. The van der Waals surface area contributed by atoms with E-state index in [1.54, 1.807) is 46.1 Å². The quantitative estimate of drug-likeness (QED) is 0.201. The standard InChI is InChI=1S/C38H49FN2O5/c1-6-27-12-9-14-29(24-27)34-32(16-11-17-33(34)39)38(44,20-7-8-23-45-5)31-18-21-41(22-19-31)35(42)30-15-10-13-28(25-30)26-40-36(43)46-37(2,3)4/h9-17,24-25,31,44H,6-8,18-23,26H2,1-5H3,(H,40,43). The molecule has 0 aromatic heterocycles. The molecule has 8 heteroatoms. The number of likely N-dealkylation sites (tertiary alicyclic amines) is 1. The molecule has 2 amide bonds. The van der Waals surface area contributed by atoms with Crippen LogP contribution < -0.4 is 5.32 Å². The third-order valence-electron chi connectivity index (χ3n) is 8.73. The van der Waals surface area contributed by atoms with Gasteiger partial charge in [0.05, 0.1) is 5.60 Å². The smallest absolute Gasteiger partial charge is 0.407 e. The summed E-state index contributed by atoms with van der Waals surface area (Å²) in [6.45, 7) is 9.26. The number of benzene rings is 3. The molecule has 1 aliphatic rings. The van der Waals surface area contributed by atoms with E-state index in [2.05, 4.69) is 12.2 Å². The van der Waals surface area contributed by atoms with Crippen molar-refractivity contribution in [3.8, 4) is 11.1 Å². The lowest BCUT2D eigenvalue weighted by Gasteiger charge is -2.43. The van der Waals surface area contributed by atoms with Crippen LogP contribution in [-0.2, 0) is 28.0 Å². The number of rotatable bonds is 12. The van der Waals surface area contributed by atoms with Gasteiger partial charge in [-0.2, -0.15) is 0 Å². The molecule has 1 atom stereocenters. The van der Waals surface area contributed by atoms with Crippen LogP contribution in [0, 0.1) is 11.7 Å². The highest BCUT2D eigenvalue weighted by molar-refractivity contribution is 5.94. The number of nitrogens with zero attached hydrogens (tertiary/aromatic N) is 1. The molecule has 1 heterocycles. The summed E-state index contributed by atoms with van der Waals surface area (Å²) in [7, 11) is 1.66. The summed E-state index contributed by atoms with van der Waals surface area (Å²) in [6, 6.07) is 20.1. The summed E-state index contributed by atoms with van der Waals surface area (Å²) in [5.41, 5.74) is 2.37. The van der Waals surface area contributed by atoms with Crippen molar-refractivity contribution < 1.29 is 28.6 Å². The normalized spacial score (nSPS) is 15.3. The number of carbonyl (C=O) groups excluding carboxylic acids is 2. The van der Waals surface area contributed by atoms with Gasteiger partial charge in [-0.3, -0.25) is 4.79 Å². The maximum atomic E-state index is 15.7. The molecule has 1 saturated heterocycles. The molecule has 1 fully saturated rings. The number of unbranched alkanes of at least 4 members (excludes halogenated alkanes) is 1. The molecule has 248 valence electrons. The van der Waals surface area contributed by atoms with Gasteiger partial charge in [0.1, 0.15) is 11.4 Å². The Hall–Kier alpha value is -3.75. The fourth-order valence-corrected chi connectivity index (χ4v) is 6.37. The second-order valence-corrected chi connectivity index (χ2v) is 13.2. The number of nitrogens with one attached hydrogen (secondary N) is 1. The summed E-state index contributed by atoms with van der Waals surface area (Å²) < 4.78 is 26.2. The van der Waals surface area contributed by atoms with Gasteiger partial charge in [-0.25, -0.2) is 9.18 Å². The van der Waals surface area contributed by atoms with Crippen molar-refractivity contribution in [1.29, 1.82) is 0 Å². The number of hydrogen-bond donors (Lipinski definition) is 2. The predicted octanol–water partition coefficient (Wildman–Crippen LogP) is 7.64. The van der Waals surface area contributed by atoms with Crippen LogP contribution >= 0.6 is 0 Å². The molecule has 1 aliphatic heterocycles. The Balaban J connectivity index is 1.53. The molecular weight excluding hydrogens is 583 g/mol. The van der Waals surface area contributed by atoms with Crippen molar-refractivity contribution >= 4 is 12.0 Å². The number of ether oxygens (including phenoxy) is 2. The third kappa shape index (κ3) is 8.95. The SMILES string of the molecule is CCc1cccc(-c2c(F)cccc2C(O)(CCCCOC)C2CCN(C(=O)c3cccc(CNC(=O)OC(C)(C)C)c3)CC2)c1. The van der Waals surface area contributed by atoms with Crippen molar-refractivity contribution in [3.05, 3.63) is 94.8 Å². The van der Waals surface area contributed by atoms with Gasteiger partial charge in [0.2, 0.25) is 0 Å². The molecule has 0 radical (unpaired) electrons. The lowest BCUT2D eigenvalue weighted by Crippen LogP contribution is -2.45. The van der Waals surface area contributed by atoms with E-state index in [0.717, 1.165) is 36.0 Å². The highest BCUT2D eigenvalue weighted by Gasteiger charge is 2.42. The van der Waals surface area contributed by atoms with E-state index in [4.69, 9.17) is 9.47 Å². The Kier molecular flexibility index (Phi) is 12.0. The van der Waals surface area contributed by atoms with E-state index in [9.17, 15) is 14.7 Å². The first-order chi connectivity index (χ1) is 21.9. The number of methoxy groups -OCH3 is 1. The number of amides is 2. The van der Waals surface area contributed by atoms with E-state index in [1.807, 2.05) is 47.4 Å². The second kappa shape index (κ2) is 15.7. The van der Waals surface area contributed by atoms with Crippen molar-refractivity contribution in [3.63, 3.8) is 0 Å². The number of alkyl carbamates (subject to hydrolysis) is 1. The van der Waals surface area contributed by atoms with Crippen LogP contribution in [0.25, 0.3) is 11.1 Å². The predicted molar refractivity (Wildman–Crippen MR) is 179 cm³/mol. The van der Waals surface area contributed by atoms with Gasteiger partial charge < -0.3 is 24.8 Å². The average molecular weight is 633 g/mol. The minimum Gasteiger partial charge on any atom is -0.444 e. The van der Waals surface area contributed by atoms with Crippen LogP contribution in [0.4, 0.5) is 9.18 Å². The van der Waals surface area contributed by atoms with E-state index in [-0.39, 0.29) is 24.2 Å². The first kappa shape index (κ1) is 35.1. The number of piperidine rings is 1. The number of halogens is 1. The monoisotopic (exact) mass is 632 g/mol. The molecule has 0 spiro atoms. The number of aryl methyl sites for hydroxylation is 1. The molecule has 3 aromatic rings. The van der Waals surface area contributed by atoms with Crippen LogP contribution in [0.5, 0.6) is 0 Å². The topological polar surface area (TPSA) is 88.1 Å². The minimum absolute atomic E-state index is 0.0935. The number of aliphatic hydroxyl groups is 1. The molecule has 0 aliphatic carbocycles. The molecule has 4 rings (SSSR count). The molecule has 7 nitrogen and oxygen atoms in total. The lowest BCUT2D eigenvalue weighted by molar-refractivity contribution is -0.0551. The van der Waals surface area contributed by atoms with Gasteiger partial charge >= 0.3 is 6.09 Å². The van der Waals surface area contributed by atoms with E-state index in [0.29, 0.717) is 55.6 Å². The molecule has 1 unspecified atom stereocenters. The summed E-state index contributed by atoms with van der Waals surface area (Å²) in [6.07, 6.45) is 3.44. The molecule has 0 bridgehead atoms. The van der Waals surface area contributed by atoms with Crippen molar-refractivity contribution in [1.82, 2.24) is 10.2 Å². The van der Waals surface area contributed by atoms with E-state index < -0.39 is 17.3 Å². The van der Waals surface area contributed by atoms with Crippen LogP contribution in [0.2, 0.25) is 0 Å². The van der Waals surface area contributed by atoms with Gasteiger partial charge in [0.15, 0.2) is 0 Å². The zero-order chi connectivity index (χ0) is 33.3. The minimum atomic E-state index is -1.28. The Morgan fingerprint density at radius 2 is 1.67 bits per heavy atom. The molecule has 2 N–H and O–H groups in total. The van der Waals surface area contributed by atoms with Crippen LogP contribution in [0.15, 0.2) is 66.7 Å². The summed E-state index contributed by atoms with van der Waals surface area (Å²) in [5, 5.41) is 15.3. The number of carbonyl (C=O) groups is 2. The van der Waals surface area contributed by atoms with Gasteiger partial charge in [0, 0.05) is 44.5 Å². The first-order valence-electron chi connectivity index (χ1n) is 16.4. The Bertz CT molecular complexity index is 1480. The first-order valence-corrected chi connectivity index (χ1v) is 16.4. The highest BCUT2D eigenvalue weighted by Crippen LogP contribution is 2.45. The summed E-state index contributed by atoms with van der Waals surface area (Å²) in [4.78, 5) is 27.5. The largest absolute Gasteiger partial charge is 0.444 e. The molecule has 3 aromatic carbocycles. The van der Waals surface area contributed by atoms with E-state index in [1.165, 1.54) is 6.07 Å².